The molecule has 0 aliphatic carbocycles. The van der Waals surface area contributed by atoms with Crippen LogP contribution in [0.15, 0.2) is 30.0 Å². The lowest BCUT2D eigenvalue weighted by atomic mass is 10.0. The summed E-state index contributed by atoms with van der Waals surface area (Å²) in [6.45, 7) is 6.73. The van der Waals surface area contributed by atoms with Crippen LogP contribution in [0.1, 0.15) is 12.5 Å². The van der Waals surface area contributed by atoms with E-state index < -0.39 is 0 Å². The molecular formula is C14H12N4S. The molecule has 0 spiro atoms. The van der Waals surface area contributed by atoms with E-state index in [9.17, 15) is 0 Å². The zero-order valence-corrected chi connectivity index (χ0v) is 11.3. The normalized spacial score (nSPS) is 13.5. The Balaban J connectivity index is 2.23. The summed E-state index contributed by atoms with van der Waals surface area (Å²) in [4.78, 5) is 4.59. The first-order valence-corrected chi connectivity index (χ1v) is 6.80. The minimum absolute atomic E-state index is 0.554. The van der Waals surface area contributed by atoms with Gasteiger partial charge in [-0.15, -0.1) is 0 Å². The van der Waals surface area contributed by atoms with Crippen molar-refractivity contribution in [2.45, 2.75) is 6.92 Å². The second-order valence-corrected chi connectivity index (χ2v) is 5.23. The van der Waals surface area contributed by atoms with Crippen molar-refractivity contribution < 1.29 is 0 Å². The summed E-state index contributed by atoms with van der Waals surface area (Å²) in [5.41, 5.74) is 4.02. The molecule has 3 rings (SSSR count). The lowest BCUT2D eigenvalue weighted by Crippen LogP contribution is -2.06. The van der Waals surface area contributed by atoms with E-state index in [4.69, 9.17) is 5.26 Å². The van der Waals surface area contributed by atoms with Crippen LogP contribution in [0, 0.1) is 11.3 Å². The van der Waals surface area contributed by atoms with Crippen molar-refractivity contribution in [1.29, 1.82) is 5.26 Å². The maximum absolute atomic E-state index is 9.10. The number of rotatable bonds is 2. The Morgan fingerprint density at radius 3 is 3.11 bits per heavy atom. The fourth-order valence-corrected chi connectivity index (χ4v) is 3.01. The van der Waals surface area contributed by atoms with Gasteiger partial charge in [0.05, 0.1) is 15.8 Å². The maximum Gasteiger partial charge on any atom is 0.183 e. The summed E-state index contributed by atoms with van der Waals surface area (Å²) in [5, 5.41) is 16.4. The lowest BCUT2D eigenvalue weighted by molar-refractivity contribution is 1.20. The van der Waals surface area contributed by atoms with Gasteiger partial charge in [-0.3, -0.25) is 0 Å². The molecule has 0 atom stereocenters. The highest BCUT2D eigenvalue weighted by atomic mass is 32.1. The van der Waals surface area contributed by atoms with Crippen molar-refractivity contribution in [2.75, 3.05) is 17.2 Å². The van der Waals surface area contributed by atoms with E-state index >= 15 is 0 Å². The average molecular weight is 268 g/mol. The molecule has 0 saturated carbocycles. The Hall–Kier alpha value is -2.32. The molecule has 1 aromatic heterocycles. The first kappa shape index (κ1) is 11.8. The molecule has 2 heterocycles. The van der Waals surface area contributed by atoms with Gasteiger partial charge in [0.1, 0.15) is 6.07 Å². The second-order valence-electron chi connectivity index (χ2n) is 4.20. The Kier molecular flexibility index (Phi) is 2.73. The first-order chi connectivity index (χ1) is 9.22. The van der Waals surface area contributed by atoms with Gasteiger partial charge < -0.3 is 10.6 Å². The fourth-order valence-electron chi connectivity index (χ4n) is 2.06. The van der Waals surface area contributed by atoms with Crippen molar-refractivity contribution >= 4 is 38.4 Å². The largest absolute Gasteiger partial charge is 0.362 e. The number of benzene rings is 1. The molecule has 0 unspecified atom stereocenters. The predicted octanol–water partition coefficient (Wildman–Crippen LogP) is 3.57. The van der Waals surface area contributed by atoms with Gasteiger partial charge in [-0.05, 0) is 25.1 Å². The summed E-state index contributed by atoms with van der Waals surface area (Å²) in [5.74, 6) is 0. The molecule has 0 fully saturated rings. The topological polar surface area (TPSA) is 60.7 Å². The Morgan fingerprint density at radius 2 is 2.37 bits per heavy atom. The van der Waals surface area contributed by atoms with E-state index in [2.05, 4.69) is 28.3 Å². The maximum atomic E-state index is 9.10. The number of allylic oxidation sites excluding steroid dienone is 1. The quantitative estimate of drug-likeness (QED) is 0.874. The Labute approximate surface area is 115 Å². The molecule has 0 saturated heterocycles. The zero-order chi connectivity index (χ0) is 13.4. The van der Waals surface area contributed by atoms with Gasteiger partial charge in [0, 0.05) is 23.5 Å². The molecule has 0 radical (unpaired) electrons. The highest BCUT2D eigenvalue weighted by Gasteiger charge is 2.17. The zero-order valence-electron chi connectivity index (χ0n) is 10.4. The standard InChI is InChI=1S/C14H12N4S/c1-3-16-14-18-13-10-6-9(7-15)8(2)17-11(10)4-5-12(13)19-14/h4-6,17H,2-3H2,1H3,(H,16,18). The van der Waals surface area contributed by atoms with E-state index in [-0.39, 0.29) is 0 Å². The average Bonchev–Trinajstić information content (AvgIpc) is 2.81. The third kappa shape index (κ3) is 1.86. The number of nitriles is 1. The summed E-state index contributed by atoms with van der Waals surface area (Å²) >= 11 is 1.62. The summed E-state index contributed by atoms with van der Waals surface area (Å²) in [6.07, 6.45) is 1.85. The number of thiazole rings is 1. The van der Waals surface area contributed by atoms with Crippen LogP contribution in [0.25, 0.3) is 16.3 Å². The molecule has 1 aliphatic rings. The van der Waals surface area contributed by atoms with Gasteiger partial charge in [-0.2, -0.15) is 5.26 Å². The number of aromatic nitrogens is 1. The van der Waals surface area contributed by atoms with Crippen LogP contribution >= 0.6 is 11.3 Å². The van der Waals surface area contributed by atoms with Crippen LogP contribution in [0.5, 0.6) is 0 Å². The van der Waals surface area contributed by atoms with Crippen LogP contribution in [0.3, 0.4) is 0 Å². The molecule has 4 nitrogen and oxygen atoms in total. The first-order valence-electron chi connectivity index (χ1n) is 5.98. The van der Waals surface area contributed by atoms with Crippen LogP contribution in [-0.4, -0.2) is 11.5 Å². The summed E-state index contributed by atoms with van der Waals surface area (Å²) in [6, 6.07) is 6.19. The number of hydrogen-bond donors (Lipinski definition) is 2. The van der Waals surface area contributed by atoms with Crippen LogP contribution in [-0.2, 0) is 0 Å². The molecule has 94 valence electrons. The van der Waals surface area contributed by atoms with E-state index in [1.807, 2.05) is 25.1 Å². The van der Waals surface area contributed by atoms with Gasteiger partial charge in [-0.1, -0.05) is 17.9 Å². The predicted molar refractivity (Wildman–Crippen MR) is 80.1 cm³/mol. The van der Waals surface area contributed by atoms with Gasteiger partial charge in [0.2, 0.25) is 0 Å². The Bertz CT molecular complexity index is 749. The fraction of sp³-hybridized carbons (Fsp3) is 0.143. The van der Waals surface area contributed by atoms with E-state index in [1.54, 1.807) is 11.3 Å². The van der Waals surface area contributed by atoms with Crippen LogP contribution in [0.4, 0.5) is 10.8 Å². The highest BCUT2D eigenvalue weighted by molar-refractivity contribution is 7.22. The molecule has 19 heavy (non-hydrogen) atoms. The van der Waals surface area contributed by atoms with Crippen molar-refractivity contribution in [1.82, 2.24) is 4.98 Å². The molecule has 2 N–H and O–H groups in total. The molecular weight excluding hydrogens is 256 g/mol. The number of hydrogen-bond acceptors (Lipinski definition) is 5. The van der Waals surface area contributed by atoms with Crippen molar-refractivity contribution in [3.8, 4) is 6.07 Å². The number of anilines is 2. The second kappa shape index (κ2) is 4.41. The third-order valence-electron chi connectivity index (χ3n) is 2.95. The molecule has 1 aromatic carbocycles. The van der Waals surface area contributed by atoms with Crippen LogP contribution < -0.4 is 10.6 Å². The summed E-state index contributed by atoms with van der Waals surface area (Å²) < 4.78 is 1.11. The van der Waals surface area contributed by atoms with Gasteiger partial charge in [0.25, 0.3) is 0 Å². The number of nitrogens with zero attached hydrogens (tertiary/aromatic N) is 2. The SMILES string of the molecule is C=C1Nc2ccc3sc(NCC)nc3c2C=C1C#N. The lowest BCUT2D eigenvalue weighted by Gasteiger charge is -2.17. The molecule has 1 aliphatic heterocycles. The summed E-state index contributed by atoms with van der Waals surface area (Å²) in [7, 11) is 0. The third-order valence-corrected chi connectivity index (χ3v) is 3.93. The van der Waals surface area contributed by atoms with E-state index in [0.717, 1.165) is 33.1 Å². The molecule has 2 aromatic rings. The van der Waals surface area contributed by atoms with Crippen molar-refractivity contribution in [2.24, 2.45) is 0 Å². The number of fused-ring (bicyclic) bond motifs is 3. The van der Waals surface area contributed by atoms with Crippen molar-refractivity contribution in [3.05, 3.63) is 35.5 Å². The molecule has 0 bridgehead atoms. The smallest absolute Gasteiger partial charge is 0.183 e. The minimum Gasteiger partial charge on any atom is -0.362 e. The molecule has 0 amide bonds. The highest BCUT2D eigenvalue weighted by Crippen LogP contribution is 2.37. The Morgan fingerprint density at radius 1 is 1.53 bits per heavy atom. The van der Waals surface area contributed by atoms with Crippen LogP contribution in [0.2, 0.25) is 0 Å². The van der Waals surface area contributed by atoms with Gasteiger partial charge in [0.15, 0.2) is 5.13 Å². The van der Waals surface area contributed by atoms with Gasteiger partial charge in [-0.25, -0.2) is 4.98 Å². The number of nitrogens with one attached hydrogen (secondary N) is 2. The van der Waals surface area contributed by atoms with Gasteiger partial charge >= 0.3 is 0 Å². The van der Waals surface area contributed by atoms with E-state index in [1.165, 1.54) is 0 Å². The minimum atomic E-state index is 0.554. The monoisotopic (exact) mass is 268 g/mol. The van der Waals surface area contributed by atoms with E-state index in [0.29, 0.717) is 11.3 Å². The van der Waals surface area contributed by atoms with Crippen molar-refractivity contribution in [3.63, 3.8) is 0 Å². The molecule has 5 heteroatoms.